The normalized spacial score (nSPS) is 18.3. The van der Waals surface area contributed by atoms with E-state index in [2.05, 4.69) is 60.9 Å². The van der Waals surface area contributed by atoms with Crippen LogP contribution in [0.1, 0.15) is 11.3 Å². The van der Waals surface area contributed by atoms with Crippen LogP contribution in [0.2, 0.25) is 0 Å². The maximum Gasteiger partial charge on any atom is 0.134 e. The number of hydrogen-bond donors (Lipinski definition) is 0. The molecule has 1 atom stereocenters. The average Bonchev–Trinajstić information content (AvgIpc) is 3.16. The summed E-state index contributed by atoms with van der Waals surface area (Å²) in [4.78, 5) is 17.0. The van der Waals surface area contributed by atoms with Crippen molar-refractivity contribution >= 4 is 38.9 Å². The Bertz CT molecular complexity index is 659. The van der Waals surface area contributed by atoms with Gasteiger partial charge in [-0.1, -0.05) is 0 Å². The molecule has 0 bridgehead atoms. The van der Waals surface area contributed by atoms with E-state index in [1.165, 1.54) is 15.1 Å². The summed E-state index contributed by atoms with van der Waals surface area (Å²) in [5, 5.41) is 0. The summed E-state index contributed by atoms with van der Waals surface area (Å²) in [5.74, 6) is 1.94. The van der Waals surface area contributed by atoms with Crippen LogP contribution in [0, 0.1) is 0 Å². The molecule has 5 nitrogen and oxygen atoms in total. The first kappa shape index (κ1) is 16.7. The molecule has 2 aromatic rings. The van der Waals surface area contributed by atoms with Gasteiger partial charge in [0.2, 0.25) is 0 Å². The van der Waals surface area contributed by atoms with Crippen LogP contribution in [-0.2, 0) is 6.54 Å². The van der Waals surface area contributed by atoms with Gasteiger partial charge in [0.25, 0.3) is 0 Å². The van der Waals surface area contributed by atoms with Crippen molar-refractivity contribution in [3.05, 3.63) is 33.2 Å². The van der Waals surface area contributed by atoms with Crippen LogP contribution in [0.5, 0.6) is 0 Å². The Morgan fingerprint density at radius 2 is 2.04 bits per heavy atom. The molecule has 3 rings (SSSR count). The molecule has 3 heterocycles. The summed E-state index contributed by atoms with van der Waals surface area (Å²) in [7, 11) is 6.14. The van der Waals surface area contributed by atoms with Gasteiger partial charge >= 0.3 is 0 Å². The topological polar surface area (TPSA) is 35.5 Å². The molecule has 0 amide bonds. The lowest BCUT2D eigenvalue weighted by Crippen LogP contribution is -2.35. The van der Waals surface area contributed by atoms with E-state index >= 15 is 0 Å². The molecule has 23 heavy (non-hydrogen) atoms. The van der Waals surface area contributed by atoms with Gasteiger partial charge in [-0.3, -0.25) is 4.90 Å². The van der Waals surface area contributed by atoms with Gasteiger partial charge in [-0.25, -0.2) is 9.97 Å². The lowest BCUT2D eigenvalue weighted by atomic mass is 10.2. The van der Waals surface area contributed by atoms with Gasteiger partial charge in [-0.2, -0.15) is 0 Å². The highest BCUT2D eigenvalue weighted by Crippen LogP contribution is 2.26. The Morgan fingerprint density at radius 3 is 2.74 bits per heavy atom. The van der Waals surface area contributed by atoms with E-state index in [4.69, 9.17) is 0 Å². The first-order valence-corrected chi connectivity index (χ1v) is 9.32. The third-order valence-electron chi connectivity index (χ3n) is 4.26. The first-order chi connectivity index (χ1) is 11.0. The van der Waals surface area contributed by atoms with Crippen molar-refractivity contribution in [1.82, 2.24) is 14.9 Å². The largest absolute Gasteiger partial charge is 0.363 e. The van der Waals surface area contributed by atoms with Crippen LogP contribution in [0.25, 0.3) is 0 Å². The van der Waals surface area contributed by atoms with Crippen LogP contribution in [-0.4, -0.2) is 55.1 Å². The molecule has 0 saturated carbocycles. The van der Waals surface area contributed by atoms with E-state index in [0.29, 0.717) is 6.04 Å². The van der Waals surface area contributed by atoms with Crippen molar-refractivity contribution in [3.8, 4) is 0 Å². The molecular formula is C16H22BrN5S. The van der Waals surface area contributed by atoms with Crippen molar-refractivity contribution in [2.45, 2.75) is 19.0 Å². The fourth-order valence-corrected chi connectivity index (χ4v) is 4.42. The van der Waals surface area contributed by atoms with E-state index < -0.39 is 0 Å². The third kappa shape index (κ3) is 4.02. The number of hydrogen-bond acceptors (Lipinski definition) is 6. The standard InChI is InChI=1S/C16H22BrN5S/c1-20(2)15-8-16(19-11-18-15)21(3)12-6-7-22(9-12)10-13-4-5-14(17)23-13/h4-5,8,11-12H,6-7,9-10H2,1-3H3. The summed E-state index contributed by atoms with van der Waals surface area (Å²) >= 11 is 5.36. The number of aromatic nitrogens is 2. The first-order valence-electron chi connectivity index (χ1n) is 7.71. The highest BCUT2D eigenvalue weighted by molar-refractivity contribution is 9.11. The van der Waals surface area contributed by atoms with Gasteiger partial charge < -0.3 is 9.80 Å². The Balaban J connectivity index is 1.63. The van der Waals surface area contributed by atoms with Crippen molar-refractivity contribution in [2.24, 2.45) is 0 Å². The Kier molecular flexibility index (Phi) is 5.18. The number of anilines is 2. The number of rotatable bonds is 5. The van der Waals surface area contributed by atoms with Crippen molar-refractivity contribution in [1.29, 1.82) is 0 Å². The number of thiophene rings is 1. The fourth-order valence-electron chi connectivity index (χ4n) is 2.89. The lowest BCUT2D eigenvalue weighted by molar-refractivity contribution is 0.329. The van der Waals surface area contributed by atoms with Crippen LogP contribution in [0.15, 0.2) is 28.3 Å². The fraction of sp³-hybridized carbons (Fsp3) is 0.500. The summed E-state index contributed by atoms with van der Waals surface area (Å²) in [6.07, 6.45) is 2.82. The molecule has 0 aliphatic carbocycles. The summed E-state index contributed by atoms with van der Waals surface area (Å²) in [6, 6.07) is 6.89. The molecule has 1 unspecified atom stereocenters. The Morgan fingerprint density at radius 1 is 1.26 bits per heavy atom. The van der Waals surface area contributed by atoms with Crippen molar-refractivity contribution < 1.29 is 0 Å². The molecule has 2 aromatic heterocycles. The predicted octanol–water partition coefficient (Wildman–Crippen LogP) is 3.08. The number of halogens is 1. The van der Waals surface area contributed by atoms with Crippen LogP contribution >= 0.6 is 27.3 Å². The smallest absolute Gasteiger partial charge is 0.134 e. The summed E-state index contributed by atoms with van der Waals surface area (Å²) in [6.45, 7) is 3.25. The lowest BCUT2D eigenvalue weighted by Gasteiger charge is -2.26. The van der Waals surface area contributed by atoms with Gasteiger partial charge in [-0.05, 0) is 34.5 Å². The maximum atomic E-state index is 4.44. The maximum absolute atomic E-state index is 4.44. The summed E-state index contributed by atoms with van der Waals surface area (Å²) in [5.41, 5.74) is 0. The molecule has 124 valence electrons. The molecule has 0 spiro atoms. The Hall–Kier alpha value is -1.18. The van der Waals surface area contributed by atoms with Gasteiger partial charge in [0.15, 0.2) is 0 Å². The quantitative estimate of drug-likeness (QED) is 0.776. The average molecular weight is 396 g/mol. The van der Waals surface area contributed by atoms with Gasteiger partial charge in [0, 0.05) is 57.8 Å². The second kappa shape index (κ2) is 7.15. The number of likely N-dealkylation sites (N-methyl/N-ethyl adjacent to an activating group) is 1. The number of likely N-dealkylation sites (tertiary alicyclic amines) is 1. The van der Waals surface area contributed by atoms with Crippen molar-refractivity contribution in [3.63, 3.8) is 0 Å². The van der Waals surface area contributed by atoms with E-state index in [1.54, 1.807) is 6.33 Å². The van der Waals surface area contributed by atoms with Gasteiger partial charge in [0.05, 0.1) is 3.79 Å². The zero-order valence-electron chi connectivity index (χ0n) is 13.7. The highest BCUT2D eigenvalue weighted by Gasteiger charge is 2.27. The molecule has 1 aliphatic rings. The van der Waals surface area contributed by atoms with Crippen molar-refractivity contribution in [2.75, 3.05) is 44.0 Å². The minimum absolute atomic E-state index is 0.503. The van der Waals surface area contributed by atoms with Gasteiger partial charge in [0.1, 0.15) is 18.0 Å². The molecule has 1 fully saturated rings. The van der Waals surface area contributed by atoms with E-state index in [0.717, 1.165) is 31.3 Å². The van der Waals surface area contributed by atoms with Crippen LogP contribution in [0.4, 0.5) is 11.6 Å². The van der Waals surface area contributed by atoms with Gasteiger partial charge in [-0.15, -0.1) is 11.3 Å². The molecule has 0 aromatic carbocycles. The zero-order valence-corrected chi connectivity index (χ0v) is 16.1. The Labute approximate surface area is 150 Å². The molecule has 1 aliphatic heterocycles. The predicted molar refractivity (Wildman–Crippen MR) is 100 cm³/mol. The minimum Gasteiger partial charge on any atom is -0.363 e. The van der Waals surface area contributed by atoms with Crippen LogP contribution in [0.3, 0.4) is 0 Å². The van der Waals surface area contributed by atoms with E-state index in [-0.39, 0.29) is 0 Å². The molecule has 7 heteroatoms. The number of nitrogens with zero attached hydrogens (tertiary/aromatic N) is 5. The van der Waals surface area contributed by atoms with Crippen LogP contribution < -0.4 is 9.80 Å². The zero-order chi connectivity index (χ0) is 16.4. The molecule has 0 N–H and O–H groups in total. The summed E-state index contributed by atoms with van der Waals surface area (Å²) < 4.78 is 1.21. The van der Waals surface area contributed by atoms with E-state index in [1.807, 2.05) is 30.3 Å². The molecular weight excluding hydrogens is 374 g/mol. The highest BCUT2D eigenvalue weighted by atomic mass is 79.9. The second-order valence-corrected chi connectivity index (χ2v) is 8.67. The minimum atomic E-state index is 0.503. The second-order valence-electron chi connectivity index (χ2n) is 6.12. The monoisotopic (exact) mass is 395 g/mol. The van der Waals surface area contributed by atoms with E-state index in [9.17, 15) is 0 Å². The molecule has 1 saturated heterocycles. The third-order valence-corrected chi connectivity index (χ3v) is 5.87. The molecule has 0 radical (unpaired) electrons. The SMILES string of the molecule is CN(C)c1cc(N(C)C2CCN(Cc3ccc(Br)s3)C2)ncn1.